The molecule has 57 heavy (non-hydrogen) atoms. The van der Waals surface area contributed by atoms with Gasteiger partial charge in [-0.2, -0.15) is 0 Å². The zero-order valence-electron chi connectivity index (χ0n) is 31.0. The van der Waals surface area contributed by atoms with Crippen LogP contribution < -0.4 is 4.90 Å². The first-order valence-corrected chi connectivity index (χ1v) is 19.3. The van der Waals surface area contributed by atoms with Crippen molar-refractivity contribution in [2.24, 2.45) is 0 Å². The third-order valence-corrected chi connectivity index (χ3v) is 11.0. The number of fused-ring (bicyclic) bond motifs is 6. The average Bonchev–Trinajstić information content (AvgIpc) is 3.88. The van der Waals surface area contributed by atoms with E-state index in [0.717, 1.165) is 66.9 Å². The lowest BCUT2D eigenvalue weighted by molar-refractivity contribution is 0.623. The minimum atomic E-state index is 0.637. The van der Waals surface area contributed by atoms with Crippen molar-refractivity contribution in [3.63, 3.8) is 0 Å². The highest BCUT2D eigenvalue weighted by molar-refractivity contribution is 6.09. The second kappa shape index (κ2) is 13.6. The summed E-state index contributed by atoms with van der Waals surface area (Å²) >= 11 is 0. The quantitative estimate of drug-likeness (QED) is 0.164. The van der Waals surface area contributed by atoms with Crippen LogP contribution >= 0.6 is 0 Å². The van der Waals surface area contributed by atoms with Gasteiger partial charge in [-0.1, -0.05) is 127 Å². The lowest BCUT2D eigenvalue weighted by Crippen LogP contribution is -2.11. The number of anilines is 3. The fraction of sp³-hybridized carbons (Fsp3) is 0. The van der Waals surface area contributed by atoms with Gasteiger partial charge in [0, 0.05) is 44.3 Å². The third kappa shape index (κ3) is 5.66. The Morgan fingerprint density at radius 3 is 1.70 bits per heavy atom. The van der Waals surface area contributed by atoms with Gasteiger partial charge in [0.1, 0.15) is 5.52 Å². The van der Waals surface area contributed by atoms with Crippen LogP contribution in [0.3, 0.4) is 0 Å². The van der Waals surface area contributed by atoms with Crippen molar-refractivity contribution in [3.8, 4) is 39.4 Å². The van der Waals surface area contributed by atoms with E-state index in [-0.39, 0.29) is 0 Å². The summed E-state index contributed by atoms with van der Waals surface area (Å²) in [7, 11) is 0. The summed E-state index contributed by atoms with van der Waals surface area (Å²) in [6.07, 6.45) is 0. The Hall–Kier alpha value is -7.69. The van der Waals surface area contributed by atoms with Crippen molar-refractivity contribution in [2.75, 3.05) is 4.90 Å². The molecule has 0 saturated heterocycles. The number of rotatable bonds is 7. The summed E-state index contributed by atoms with van der Waals surface area (Å²) in [6, 6.07) is 75.3. The summed E-state index contributed by atoms with van der Waals surface area (Å²) in [4.78, 5) is 7.15. The van der Waals surface area contributed by atoms with E-state index in [1.807, 2.05) is 30.3 Å². The van der Waals surface area contributed by atoms with Crippen LogP contribution in [0.2, 0.25) is 0 Å². The van der Waals surface area contributed by atoms with Gasteiger partial charge >= 0.3 is 0 Å². The topological polar surface area (TPSA) is 34.2 Å². The summed E-state index contributed by atoms with van der Waals surface area (Å²) in [6.45, 7) is 0. The van der Waals surface area contributed by atoms with E-state index in [0.29, 0.717) is 5.89 Å². The normalized spacial score (nSPS) is 11.5. The highest BCUT2D eigenvalue weighted by Crippen LogP contribution is 2.42. The maximum absolute atomic E-state index is 6.33. The maximum atomic E-state index is 6.33. The van der Waals surface area contributed by atoms with Crippen LogP contribution in [0.1, 0.15) is 0 Å². The molecular weight excluding hydrogens is 695 g/mol. The van der Waals surface area contributed by atoms with E-state index in [2.05, 4.69) is 191 Å². The van der Waals surface area contributed by atoms with Crippen LogP contribution in [-0.2, 0) is 0 Å². The standard InChI is InChI=1S/C53H35N3O/c1-3-13-37(14-4-1)44-17-7-10-20-49(44)55(42-29-31-43(32-30-42)56-50-21-11-8-18-46(50)47-19-9-12-22-51(47)56)41-27-23-36(24-28-41)39-25-33-45-40(35-39)26-34-48-52(45)57-53(54-48)38-15-5-2-6-16-38/h1-35H. The Bertz CT molecular complexity index is 3160. The first-order valence-electron chi connectivity index (χ1n) is 19.3. The van der Waals surface area contributed by atoms with Crippen LogP contribution in [0.5, 0.6) is 0 Å². The Balaban J connectivity index is 0.993. The lowest BCUT2D eigenvalue weighted by Gasteiger charge is -2.28. The SMILES string of the molecule is c1ccc(-c2nc3ccc4cc(-c5ccc(N(c6ccc(-n7c8ccccc8c8ccccc87)cc6)c6ccccc6-c6ccccc6)cc5)ccc4c3o2)cc1. The van der Waals surface area contributed by atoms with Gasteiger partial charge in [0.15, 0.2) is 5.58 Å². The molecule has 0 spiro atoms. The van der Waals surface area contributed by atoms with Gasteiger partial charge in [-0.05, 0) is 107 Å². The zero-order valence-corrected chi connectivity index (χ0v) is 31.0. The first-order chi connectivity index (χ1) is 28.3. The molecule has 0 atom stereocenters. The predicted molar refractivity (Wildman–Crippen MR) is 237 cm³/mol. The second-order valence-electron chi connectivity index (χ2n) is 14.4. The largest absolute Gasteiger partial charge is 0.435 e. The molecule has 0 aliphatic rings. The van der Waals surface area contributed by atoms with Gasteiger partial charge in [-0.3, -0.25) is 0 Å². The van der Waals surface area contributed by atoms with Gasteiger partial charge in [0.2, 0.25) is 5.89 Å². The molecule has 0 saturated carbocycles. The van der Waals surface area contributed by atoms with Crippen LogP contribution in [-0.4, -0.2) is 9.55 Å². The van der Waals surface area contributed by atoms with E-state index in [9.17, 15) is 0 Å². The van der Waals surface area contributed by atoms with Crippen molar-refractivity contribution in [1.29, 1.82) is 0 Å². The van der Waals surface area contributed by atoms with Crippen molar-refractivity contribution in [2.45, 2.75) is 0 Å². The van der Waals surface area contributed by atoms with Crippen LogP contribution in [0.25, 0.3) is 83.1 Å². The Kier molecular flexibility index (Phi) is 7.78. The van der Waals surface area contributed by atoms with E-state index in [1.54, 1.807) is 0 Å². The van der Waals surface area contributed by atoms with Gasteiger partial charge < -0.3 is 13.9 Å². The molecule has 11 rings (SSSR count). The Morgan fingerprint density at radius 2 is 1.00 bits per heavy atom. The molecule has 2 heterocycles. The number of para-hydroxylation sites is 3. The monoisotopic (exact) mass is 729 g/mol. The summed E-state index contributed by atoms with van der Waals surface area (Å²) in [5.74, 6) is 0.637. The third-order valence-electron chi connectivity index (χ3n) is 11.0. The number of hydrogen-bond donors (Lipinski definition) is 0. The van der Waals surface area contributed by atoms with Crippen LogP contribution in [0, 0.1) is 0 Å². The van der Waals surface area contributed by atoms with Crippen molar-refractivity contribution in [1.82, 2.24) is 9.55 Å². The lowest BCUT2D eigenvalue weighted by atomic mass is 9.99. The smallest absolute Gasteiger partial charge is 0.227 e. The van der Waals surface area contributed by atoms with Crippen molar-refractivity contribution < 1.29 is 4.42 Å². The van der Waals surface area contributed by atoms with E-state index in [1.165, 1.54) is 27.4 Å². The highest BCUT2D eigenvalue weighted by atomic mass is 16.3. The molecule has 4 heteroatoms. The molecule has 11 aromatic rings. The maximum Gasteiger partial charge on any atom is 0.227 e. The summed E-state index contributed by atoms with van der Waals surface area (Å²) in [5.41, 5.74) is 14.0. The molecule has 0 amide bonds. The minimum Gasteiger partial charge on any atom is -0.435 e. The molecule has 0 aliphatic heterocycles. The average molecular weight is 730 g/mol. The van der Waals surface area contributed by atoms with Gasteiger partial charge in [-0.25, -0.2) is 4.98 Å². The number of nitrogens with zero attached hydrogens (tertiary/aromatic N) is 3. The van der Waals surface area contributed by atoms with Gasteiger partial charge in [0.05, 0.1) is 16.7 Å². The zero-order chi connectivity index (χ0) is 37.7. The molecule has 4 nitrogen and oxygen atoms in total. The van der Waals surface area contributed by atoms with E-state index < -0.39 is 0 Å². The van der Waals surface area contributed by atoms with Crippen molar-refractivity contribution >= 4 is 60.7 Å². The predicted octanol–water partition coefficient (Wildman–Crippen LogP) is 14.5. The van der Waals surface area contributed by atoms with Crippen molar-refractivity contribution in [3.05, 3.63) is 212 Å². The highest BCUT2D eigenvalue weighted by Gasteiger charge is 2.19. The summed E-state index contributed by atoms with van der Waals surface area (Å²) in [5, 5.41) is 4.67. The Labute approximate surface area is 330 Å². The molecule has 0 unspecified atom stereocenters. The molecule has 9 aromatic carbocycles. The van der Waals surface area contributed by atoms with E-state index in [4.69, 9.17) is 9.40 Å². The fourth-order valence-corrected chi connectivity index (χ4v) is 8.31. The van der Waals surface area contributed by atoms with Gasteiger partial charge in [-0.15, -0.1) is 0 Å². The molecule has 0 bridgehead atoms. The molecule has 0 radical (unpaired) electrons. The molecule has 0 N–H and O–H groups in total. The number of hydrogen-bond acceptors (Lipinski definition) is 3. The molecular formula is C53H35N3O. The number of benzene rings is 9. The van der Waals surface area contributed by atoms with Crippen LogP contribution in [0.15, 0.2) is 217 Å². The molecule has 0 aliphatic carbocycles. The molecule has 268 valence electrons. The van der Waals surface area contributed by atoms with Gasteiger partial charge in [0.25, 0.3) is 0 Å². The van der Waals surface area contributed by atoms with E-state index >= 15 is 0 Å². The fourth-order valence-electron chi connectivity index (χ4n) is 8.31. The minimum absolute atomic E-state index is 0.637. The number of oxazole rings is 1. The van der Waals surface area contributed by atoms with Crippen LogP contribution in [0.4, 0.5) is 17.1 Å². The Morgan fingerprint density at radius 1 is 0.421 bits per heavy atom. The molecule has 2 aromatic heterocycles. The second-order valence-corrected chi connectivity index (χ2v) is 14.4. The number of aromatic nitrogens is 2. The summed E-state index contributed by atoms with van der Waals surface area (Å²) < 4.78 is 8.69. The first kappa shape index (κ1) is 32.7. The molecule has 0 fully saturated rings.